The van der Waals surface area contributed by atoms with Crippen molar-refractivity contribution in [2.75, 3.05) is 13.2 Å². The number of hydrogen-bond donors (Lipinski definition) is 0. The third kappa shape index (κ3) is 2.91. The summed E-state index contributed by atoms with van der Waals surface area (Å²) < 4.78 is 5.16. The van der Waals surface area contributed by atoms with Crippen molar-refractivity contribution >= 4 is 23.2 Å². The Bertz CT molecular complexity index is 747. The second-order valence-electron chi connectivity index (χ2n) is 5.81. The van der Waals surface area contributed by atoms with Crippen molar-refractivity contribution in [1.82, 2.24) is 14.9 Å². The van der Waals surface area contributed by atoms with Crippen LogP contribution in [0.1, 0.15) is 37.2 Å². The second-order valence-corrected chi connectivity index (χ2v) is 6.67. The van der Waals surface area contributed by atoms with E-state index in [1.807, 2.05) is 18.2 Å². The second kappa shape index (κ2) is 6.68. The number of ether oxygens (including phenoxy) is 1. The van der Waals surface area contributed by atoms with Crippen molar-refractivity contribution < 1.29 is 14.3 Å². The van der Waals surface area contributed by atoms with Gasteiger partial charge in [0.05, 0.1) is 12.3 Å². The Kier molecular flexibility index (Phi) is 4.62. The van der Waals surface area contributed by atoms with Crippen LogP contribution in [0.15, 0.2) is 29.8 Å². The third-order valence-electron chi connectivity index (χ3n) is 4.21. The van der Waals surface area contributed by atoms with Gasteiger partial charge in [0.25, 0.3) is 5.91 Å². The Morgan fingerprint density at radius 2 is 2.25 bits per heavy atom. The van der Waals surface area contributed by atoms with E-state index in [4.69, 9.17) is 4.74 Å². The van der Waals surface area contributed by atoms with Crippen molar-refractivity contribution in [2.45, 2.75) is 32.2 Å². The zero-order valence-electron chi connectivity index (χ0n) is 13.7. The summed E-state index contributed by atoms with van der Waals surface area (Å²) in [6.45, 7) is 4.37. The van der Waals surface area contributed by atoms with Crippen LogP contribution in [0.25, 0.3) is 10.7 Å². The molecule has 1 atom stereocenters. The van der Waals surface area contributed by atoms with Crippen LogP contribution in [0.5, 0.6) is 0 Å². The topological polar surface area (TPSA) is 72.4 Å². The fourth-order valence-corrected chi connectivity index (χ4v) is 3.67. The average Bonchev–Trinajstić information content (AvgIpc) is 3.23. The molecule has 2 aromatic heterocycles. The molecule has 0 spiro atoms. The van der Waals surface area contributed by atoms with Gasteiger partial charge in [-0.2, -0.15) is 0 Å². The molecular weight excluding hydrogens is 326 g/mol. The lowest BCUT2D eigenvalue weighted by Gasteiger charge is -2.32. The van der Waals surface area contributed by atoms with Gasteiger partial charge in [0.2, 0.25) is 0 Å². The summed E-state index contributed by atoms with van der Waals surface area (Å²) >= 11 is 1.37. The fourth-order valence-electron chi connectivity index (χ4n) is 2.90. The molecule has 1 amide bonds. The molecule has 0 aromatic carbocycles. The molecule has 0 bridgehead atoms. The molecule has 24 heavy (non-hydrogen) atoms. The van der Waals surface area contributed by atoms with E-state index in [0.717, 1.165) is 12.1 Å². The molecule has 1 aliphatic heterocycles. The van der Waals surface area contributed by atoms with Crippen molar-refractivity contribution in [3.8, 4) is 10.7 Å². The smallest absolute Gasteiger partial charge is 0.331 e. The Balaban J connectivity index is 1.84. The molecule has 3 heterocycles. The van der Waals surface area contributed by atoms with Gasteiger partial charge in [-0.1, -0.05) is 6.07 Å². The zero-order chi connectivity index (χ0) is 17.2. The first-order valence-electron chi connectivity index (χ1n) is 7.92. The highest BCUT2D eigenvalue weighted by molar-refractivity contribution is 7.13. The Hall–Kier alpha value is -2.28. The van der Waals surface area contributed by atoms with Gasteiger partial charge in [-0.05, 0) is 38.8 Å². The summed E-state index contributed by atoms with van der Waals surface area (Å²) in [5.41, 5.74) is 0.163. The first-order chi connectivity index (χ1) is 11.6. The van der Waals surface area contributed by atoms with Gasteiger partial charge >= 0.3 is 5.97 Å². The molecular formula is C17H19N3O3S. The first-order valence-corrected chi connectivity index (χ1v) is 8.80. The van der Waals surface area contributed by atoms with Crippen molar-refractivity contribution in [3.63, 3.8) is 0 Å². The van der Waals surface area contributed by atoms with Gasteiger partial charge < -0.3 is 9.64 Å². The van der Waals surface area contributed by atoms with E-state index in [2.05, 4.69) is 9.97 Å². The van der Waals surface area contributed by atoms with E-state index in [-0.39, 0.29) is 11.9 Å². The van der Waals surface area contributed by atoms with Crippen molar-refractivity contribution in [3.05, 3.63) is 35.5 Å². The minimum atomic E-state index is -0.915. The Morgan fingerprint density at radius 3 is 2.96 bits per heavy atom. The minimum Gasteiger partial charge on any atom is -0.464 e. The van der Waals surface area contributed by atoms with E-state index in [0.29, 0.717) is 30.3 Å². The van der Waals surface area contributed by atoms with Crippen LogP contribution >= 0.6 is 11.3 Å². The predicted molar refractivity (Wildman–Crippen MR) is 90.7 cm³/mol. The van der Waals surface area contributed by atoms with Crippen LogP contribution in [0.2, 0.25) is 0 Å². The number of thiazole rings is 1. The molecule has 3 rings (SSSR count). The van der Waals surface area contributed by atoms with E-state index in [1.54, 1.807) is 30.3 Å². The lowest BCUT2D eigenvalue weighted by atomic mass is 9.99. The largest absolute Gasteiger partial charge is 0.464 e. The number of aromatic nitrogens is 2. The maximum Gasteiger partial charge on any atom is 0.331 e. The van der Waals surface area contributed by atoms with Crippen LogP contribution < -0.4 is 0 Å². The molecule has 0 radical (unpaired) electrons. The zero-order valence-corrected chi connectivity index (χ0v) is 14.5. The standard InChI is InChI=1S/C17H19N3O3S/c1-3-23-16(22)17(2)8-6-10-20(17)15(21)13-11-24-14(19-13)12-7-4-5-9-18-12/h4-5,7,9,11H,3,6,8,10H2,1-2H3. The lowest BCUT2D eigenvalue weighted by Crippen LogP contribution is -2.51. The highest BCUT2D eigenvalue weighted by Crippen LogP contribution is 2.32. The number of carbonyl (C=O) groups excluding carboxylic acids is 2. The van der Waals surface area contributed by atoms with Crippen LogP contribution in [-0.4, -0.2) is 45.4 Å². The molecule has 0 aliphatic carbocycles. The monoisotopic (exact) mass is 345 g/mol. The molecule has 1 aliphatic rings. The average molecular weight is 345 g/mol. The number of nitrogens with zero attached hydrogens (tertiary/aromatic N) is 3. The molecule has 7 heteroatoms. The van der Waals surface area contributed by atoms with Crippen LogP contribution in [-0.2, 0) is 9.53 Å². The number of pyridine rings is 1. The van der Waals surface area contributed by atoms with Gasteiger partial charge in [-0.25, -0.2) is 9.78 Å². The number of likely N-dealkylation sites (tertiary alicyclic amines) is 1. The highest BCUT2D eigenvalue weighted by atomic mass is 32.1. The quantitative estimate of drug-likeness (QED) is 0.797. The molecule has 0 saturated carbocycles. The van der Waals surface area contributed by atoms with Crippen LogP contribution in [0.4, 0.5) is 0 Å². The highest BCUT2D eigenvalue weighted by Gasteiger charge is 2.47. The molecule has 1 fully saturated rings. The third-order valence-corrected chi connectivity index (χ3v) is 5.07. The van der Waals surface area contributed by atoms with Gasteiger partial charge in [-0.15, -0.1) is 11.3 Å². The number of carbonyl (C=O) groups is 2. The SMILES string of the molecule is CCOC(=O)C1(C)CCCN1C(=O)c1csc(-c2ccccn2)n1. The number of hydrogen-bond acceptors (Lipinski definition) is 6. The first kappa shape index (κ1) is 16.6. The molecule has 6 nitrogen and oxygen atoms in total. The maximum absolute atomic E-state index is 12.9. The van der Waals surface area contributed by atoms with Crippen molar-refractivity contribution in [1.29, 1.82) is 0 Å². The van der Waals surface area contributed by atoms with Crippen LogP contribution in [0, 0.1) is 0 Å². The summed E-state index contributed by atoms with van der Waals surface area (Å²) in [7, 11) is 0. The normalized spacial score (nSPS) is 20.2. The molecule has 2 aromatic rings. The molecule has 1 unspecified atom stereocenters. The fraction of sp³-hybridized carbons (Fsp3) is 0.412. The maximum atomic E-state index is 12.9. The Morgan fingerprint density at radius 1 is 1.42 bits per heavy atom. The number of esters is 1. The molecule has 1 saturated heterocycles. The Labute approximate surface area is 144 Å². The van der Waals surface area contributed by atoms with Gasteiger partial charge in [0, 0.05) is 18.1 Å². The van der Waals surface area contributed by atoms with Gasteiger partial charge in [0.1, 0.15) is 16.2 Å². The summed E-state index contributed by atoms with van der Waals surface area (Å²) in [5, 5.41) is 2.41. The van der Waals surface area contributed by atoms with Gasteiger partial charge in [-0.3, -0.25) is 9.78 Å². The molecule has 126 valence electrons. The van der Waals surface area contributed by atoms with E-state index in [9.17, 15) is 9.59 Å². The van der Waals surface area contributed by atoms with E-state index < -0.39 is 5.54 Å². The predicted octanol–water partition coefficient (Wildman–Crippen LogP) is 2.76. The van der Waals surface area contributed by atoms with Crippen molar-refractivity contribution in [2.24, 2.45) is 0 Å². The lowest BCUT2D eigenvalue weighted by molar-refractivity contribution is -0.153. The summed E-state index contributed by atoms with van der Waals surface area (Å²) in [5.74, 6) is -0.586. The van der Waals surface area contributed by atoms with Crippen LogP contribution in [0.3, 0.4) is 0 Å². The van der Waals surface area contributed by atoms with Gasteiger partial charge in [0.15, 0.2) is 0 Å². The molecule has 0 N–H and O–H groups in total. The summed E-state index contributed by atoms with van der Waals surface area (Å²) in [6, 6.07) is 5.56. The minimum absolute atomic E-state index is 0.235. The number of rotatable bonds is 4. The van der Waals surface area contributed by atoms with E-state index >= 15 is 0 Å². The summed E-state index contributed by atoms with van der Waals surface area (Å²) in [4.78, 5) is 35.4. The number of amides is 1. The summed E-state index contributed by atoms with van der Waals surface area (Å²) in [6.07, 6.45) is 3.07. The van der Waals surface area contributed by atoms with E-state index in [1.165, 1.54) is 11.3 Å².